The molecule has 0 saturated heterocycles. The first-order valence-electron chi connectivity index (χ1n) is 9.95. The molecule has 0 atom stereocenters. The number of aryl methyl sites for hydroxylation is 2. The number of ether oxygens (including phenoxy) is 1. The van der Waals surface area contributed by atoms with Gasteiger partial charge in [-0.1, -0.05) is 35.9 Å². The van der Waals surface area contributed by atoms with Crippen LogP contribution in [0.25, 0.3) is 0 Å². The van der Waals surface area contributed by atoms with Gasteiger partial charge in [0.25, 0.3) is 6.47 Å². The Labute approximate surface area is 201 Å². The summed E-state index contributed by atoms with van der Waals surface area (Å²) in [5.74, 6) is -0.233. The Morgan fingerprint density at radius 3 is 2.47 bits per heavy atom. The number of amides is 1. The molecule has 4 N–H and O–H groups in total. The number of carbonyl (C=O) groups is 2. The van der Waals surface area contributed by atoms with Crippen LogP contribution in [0.2, 0.25) is 0 Å². The monoisotopic (exact) mass is 482 g/mol. The van der Waals surface area contributed by atoms with Gasteiger partial charge < -0.3 is 20.9 Å². The predicted molar refractivity (Wildman–Crippen MR) is 131 cm³/mol. The molecule has 178 valence electrons. The molecule has 11 heteroatoms. The minimum atomic E-state index is -0.233. The number of hydrogen-bond donors (Lipinski definition) is 3. The van der Waals surface area contributed by atoms with Crippen LogP contribution in [0.15, 0.2) is 58.8 Å². The number of azo groups is 1. The second-order valence-electron chi connectivity index (χ2n) is 6.56. The molecule has 0 bridgehead atoms. The van der Waals surface area contributed by atoms with E-state index in [1.54, 1.807) is 25.1 Å². The molecule has 3 aromatic rings. The lowest BCUT2D eigenvalue weighted by molar-refractivity contribution is -0.129. The average molecular weight is 483 g/mol. The number of hydrogen-bond acceptors (Lipinski definition) is 10. The maximum Gasteiger partial charge on any atom is 0.293 e. The molecule has 0 fully saturated rings. The zero-order valence-corrected chi connectivity index (χ0v) is 19.9. The van der Waals surface area contributed by atoms with Gasteiger partial charge in [-0.05, 0) is 43.6 Å². The van der Waals surface area contributed by atoms with Gasteiger partial charge in [0.1, 0.15) is 23.9 Å². The Kier molecular flexibility index (Phi) is 12.8. The number of carbonyl (C=O) groups excluding carboxylic acids is 2. The number of nitrogens with one attached hydrogen (secondary N) is 1. The van der Waals surface area contributed by atoms with E-state index in [1.807, 2.05) is 24.3 Å². The number of rotatable bonds is 6. The van der Waals surface area contributed by atoms with Crippen LogP contribution >= 0.6 is 11.5 Å². The topological polar surface area (TPSA) is 163 Å². The Bertz CT molecular complexity index is 1130. The van der Waals surface area contributed by atoms with Gasteiger partial charge in [-0.15, -0.1) is 10.2 Å². The average Bonchev–Trinajstić information content (AvgIpc) is 3.17. The van der Waals surface area contributed by atoms with Crippen molar-refractivity contribution in [2.24, 2.45) is 10.2 Å². The summed E-state index contributed by atoms with van der Waals surface area (Å²) in [4.78, 5) is 20.4. The Morgan fingerprint density at radius 2 is 1.97 bits per heavy atom. The first-order chi connectivity index (χ1) is 16.3. The Morgan fingerprint density at radius 1 is 1.26 bits per heavy atom. The summed E-state index contributed by atoms with van der Waals surface area (Å²) in [5, 5.41) is 28.1. The van der Waals surface area contributed by atoms with E-state index in [4.69, 9.17) is 16.1 Å². The van der Waals surface area contributed by atoms with Crippen LogP contribution in [0.4, 0.5) is 22.1 Å². The van der Waals surface area contributed by atoms with Crippen LogP contribution in [0, 0.1) is 25.2 Å². The molecule has 0 unspecified atom stereocenters. The quantitative estimate of drug-likeness (QED) is 0.202. The second-order valence-corrected chi connectivity index (χ2v) is 7.31. The van der Waals surface area contributed by atoms with Crippen LogP contribution in [-0.2, 0) is 14.3 Å². The summed E-state index contributed by atoms with van der Waals surface area (Å²) >= 11 is 1.10. The summed E-state index contributed by atoms with van der Waals surface area (Å²) in [5.41, 5.74) is 9.45. The molecule has 34 heavy (non-hydrogen) atoms. The van der Waals surface area contributed by atoms with Crippen LogP contribution in [-0.4, -0.2) is 35.1 Å². The molecule has 0 aliphatic rings. The molecule has 1 aromatic heterocycles. The van der Waals surface area contributed by atoms with Crippen LogP contribution < -0.4 is 11.1 Å². The largest absolute Gasteiger partial charge is 0.465 e. The van der Waals surface area contributed by atoms with E-state index in [1.165, 1.54) is 12.5 Å². The Balaban J connectivity index is 0.000000362. The van der Waals surface area contributed by atoms with Gasteiger partial charge in [-0.2, -0.15) is 9.64 Å². The molecule has 0 spiro atoms. The number of aliphatic hydroxyl groups excluding tert-OH is 1. The predicted octanol–water partition coefficient (Wildman–Crippen LogP) is 4.43. The molecule has 1 amide bonds. The number of nitrogens with two attached hydrogens (primary N) is 1. The first kappa shape index (κ1) is 27.9. The molecule has 2 aromatic carbocycles. The highest BCUT2D eigenvalue weighted by Crippen LogP contribution is 2.32. The maximum absolute atomic E-state index is 11.2. The highest BCUT2D eigenvalue weighted by Gasteiger charge is 2.10. The van der Waals surface area contributed by atoms with E-state index in [9.17, 15) is 9.59 Å². The summed E-state index contributed by atoms with van der Waals surface area (Å²) in [6.07, 6.45) is 0. The standard InChI is InChI=1S/C13H12N6OS.C7H8.C3H6O3/c1-7-10(6-14)13(21-19-7)18-17-11-4-3-9(15)5-12(11)16-8(2)20;1-7-5-3-2-4-6-7;4-1-2-6-3-5/h3-5H,15H2,1-2H3,(H,16,20);2-6H,1H3;3-4H,1-2H2. The lowest BCUT2D eigenvalue weighted by Gasteiger charge is -2.06. The van der Waals surface area contributed by atoms with E-state index in [0.29, 0.717) is 39.8 Å². The van der Waals surface area contributed by atoms with Gasteiger partial charge in [0.05, 0.1) is 18.0 Å². The van der Waals surface area contributed by atoms with Crippen molar-refractivity contribution in [1.82, 2.24) is 4.37 Å². The third-order valence-electron chi connectivity index (χ3n) is 3.75. The number of benzene rings is 2. The van der Waals surface area contributed by atoms with Gasteiger partial charge in [-0.3, -0.25) is 9.59 Å². The fraction of sp³-hybridized carbons (Fsp3) is 0.217. The molecule has 0 aliphatic heterocycles. The number of nitrogens with zero attached hydrogens (tertiary/aromatic N) is 4. The third kappa shape index (κ3) is 10.4. The minimum absolute atomic E-state index is 0.0985. The van der Waals surface area contributed by atoms with Crippen molar-refractivity contribution in [3.05, 3.63) is 65.4 Å². The van der Waals surface area contributed by atoms with Crippen LogP contribution in [0.5, 0.6) is 0 Å². The highest BCUT2D eigenvalue weighted by atomic mass is 32.1. The summed E-state index contributed by atoms with van der Waals surface area (Å²) in [6, 6.07) is 17.2. The summed E-state index contributed by atoms with van der Waals surface area (Å²) in [6.45, 7) is 5.52. The lowest BCUT2D eigenvalue weighted by Crippen LogP contribution is -2.06. The summed E-state index contributed by atoms with van der Waals surface area (Å²) in [7, 11) is 0. The van der Waals surface area contributed by atoms with Crippen molar-refractivity contribution >= 4 is 46.0 Å². The number of aromatic nitrogens is 1. The van der Waals surface area contributed by atoms with Gasteiger partial charge in [0.15, 0.2) is 5.00 Å². The Hall–Kier alpha value is -4.14. The van der Waals surface area contributed by atoms with Crippen molar-refractivity contribution in [3.8, 4) is 6.07 Å². The van der Waals surface area contributed by atoms with Crippen molar-refractivity contribution in [1.29, 1.82) is 5.26 Å². The van der Waals surface area contributed by atoms with Crippen LogP contribution in [0.1, 0.15) is 23.7 Å². The molecule has 0 aliphatic carbocycles. The molecule has 3 rings (SSSR count). The molecule has 1 heterocycles. The third-order valence-corrected chi connectivity index (χ3v) is 4.58. The number of nitriles is 1. The van der Waals surface area contributed by atoms with E-state index >= 15 is 0 Å². The van der Waals surface area contributed by atoms with Gasteiger partial charge >= 0.3 is 0 Å². The van der Waals surface area contributed by atoms with E-state index < -0.39 is 0 Å². The number of aliphatic hydroxyl groups is 1. The maximum atomic E-state index is 11.2. The van der Waals surface area contributed by atoms with E-state index in [0.717, 1.165) is 11.5 Å². The van der Waals surface area contributed by atoms with Crippen molar-refractivity contribution < 1.29 is 19.4 Å². The number of anilines is 2. The first-order valence-corrected chi connectivity index (χ1v) is 10.7. The van der Waals surface area contributed by atoms with Gasteiger partial charge in [0, 0.05) is 12.6 Å². The fourth-order valence-corrected chi connectivity index (χ4v) is 2.90. The van der Waals surface area contributed by atoms with Gasteiger partial charge in [-0.25, -0.2) is 0 Å². The zero-order chi connectivity index (χ0) is 25.3. The molecule has 0 saturated carbocycles. The molecular weight excluding hydrogens is 456 g/mol. The van der Waals surface area contributed by atoms with E-state index in [2.05, 4.69) is 43.7 Å². The van der Waals surface area contributed by atoms with E-state index in [-0.39, 0.29) is 19.1 Å². The van der Waals surface area contributed by atoms with Gasteiger partial charge in [0.2, 0.25) is 5.91 Å². The second kappa shape index (κ2) is 15.6. The van der Waals surface area contributed by atoms with Crippen molar-refractivity contribution in [2.45, 2.75) is 20.8 Å². The number of nitrogen functional groups attached to an aromatic ring is 1. The summed E-state index contributed by atoms with van der Waals surface area (Å²) < 4.78 is 8.11. The fourth-order valence-electron chi connectivity index (χ4n) is 2.22. The van der Waals surface area contributed by atoms with Crippen molar-refractivity contribution in [3.63, 3.8) is 0 Å². The smallest absolute Gasteiger partial charge is 0.293 e. The normalized spacial score (nSPS) is 9.62. The molecular formula is C23H26N6O4S. The SMILES string of the molecule is CC(=O)Nc1cc(N)ccc1N=Nc1snc(C)c1C#N.Cc1ccccc1.O=COCCO. The molecule has 0 radical (unpaired) electrons. The van der Waals surface area contributed by atoms with Crippen LogP contribution in [0.3, 0.4) is 0 Å². The highest BCUT2D eigenvalue weighted by molar-refractivity contribution is 7.10. The molecule has 10 nitrogen and oxygen atoms in total. The zero-order valence-electron chi connectivity index (χ0n) is 19.1. The minimum Gasteiger partial charge on any atom is -0.465 e. The lowest BCUT2D eigenvalue weighted by atomic mass is 10.2. The van der Waals surface area contributed by atoms with Crippen molar-refractivity contribution in [2.75, 3.05) is 24.3 Å².